The molecule has 3 aromatic heterocycles. The summed E-state index contributed by atoms with van der Waals surface area (Å²) in [5, 5.41) is 11.2. The lowest BCUT2D eigenvalue weighted by atomic mass is 10.0. The Morgan fingerprint density at radius 1 is 1.19 bits per heavy atom. The summed E-state index contributed by atoms with van der Waals surface area (Å²) in [5.74, 6) is 0.948. The van der Waals surface area contributed by atoms with Gasteiger partial charge in [0.05, 0.1) is 17.8 Å². The minimum absolute atomic E-state index is 0.0662. The van der Waals surface area contributed by atoms with Gasteiger partial charge >= 0.3 is 0 Å². The Hall–Kier alpha value is -2.65. The van der Waals surface area contributed by atoms with E-state index in [0.717, 1.165) is 30.5 Å². The molecule has 4 heterocycles. The average molecular weight is 454 g/mol. The van der Waals surface area contributed by atoms with E-state index in [1.807, 2.05) is 51.1 Å². The quantitative estimate of drug-likeness (QED) is 0.432. The van der Waals surface area contributed by atoms with Crippen molar-refractivity contribution in [3.8, 4) is 0 Å². The minimum Gasteiger partial charge on any atom is -0.339 e. The van der Waals surface area contributed by atoms with Crippen molar-refractivity contribution < 1.29 is 4.79 Å². The maximum Gasteiger partial charge on any atom is 0.273 e. The molecule has 1 aromatic carbocycles. The standard InChI is InChI=1S/C22H23N5O2S2/c1-15-7-5-6-11-25(15)18(28)14-31-22-24-23-21-26(13-16-8-3-2-4-9-16)20(29)19-17(27(21)22)10-12-30-19/h2-4,8-10,12,15H,5-7,11,13-14H2,1H3/t15-/m0/s1. The molecule has 0 spiro atoms. The number of thiophene rings is 1. The maximum absolute atomic E-state index is 13.2. The van der Waals surface area contributed by atoms with E-state index >= 15 is 0 Å². The summed E-state index contributed by atoms with van der Waals surface area (Å²) in [6.45, 7) is 3.36. The van der Waals surface area contributed by atoms with Gasteiger partial charge in [-0.3, -0.25) is 18.6 Å². The van der Waals surface area contributed by atoms with Crippen LogP contribution in [0.2, 0.25) is 0 Å². The lowest BCUT2D eigenvalue weighted by Gasteiger charge is -2.33. The Bertz CT molecular complexity index is 1290. The van der Waals surface area contributed by atoms with Gasteiger partial charge < -0.3 is 4.90 Å². The first-order valence-electron chi connectivity index (χ1n) is 10.4. The lowest BCUT2D eigenvalue weighted by Crippen LogP contribution is -2.42. The number of rotatable bonds is 5. The van der Waals surface area contributed by atoms with Crippen LogP contribution >= 0.6 is 23.1 Å². The topological polar surface area (TPSA) is 72.5 Å². The van der Waals surface area contributed by atoms with Crippen LogP contribution in [0.1, 0.15) is 31.7 Å². The molecule has 4 aromatic rings. The second-order valence-electron chi connectivity index (χ2n) is 7.85. The van der Waals surface area contributed by atoms with Gasteiger partial charge in [-0.25, -0.2) is 0 Å². The molecule has 0 radical (unpaired) electrons. The summed E-state index contributed by atoms with van der Waals surface area (Å²) >= 11 is 2.81. The van der Waals surface area contributed by atoms with E-state index in [2.05, 4.69) is 17.1 Å². The van der Waals surface area contributed by atoms with Crippen LogP contribution in [0.25, 0.3) is 16.0 Å². The summed E-state index contributed by atoms with van der Waals surface area (Å²) < 4.78 is 4.24. The molecule has 9 heteroatoms. The Morgan fingerprint density at radius 2 is 2.03 bits per heavy atom. The third-order valence-electron chi connectivity index (χ3n) is 5.81. The van der Waals surface area contributed by atoms with Gasteiger partial charge in [-0.05, 0) is 43.2 Å². The predicted molar refractivity (Wildman–Crippen MR) is 124 cm³/mol. The second-order valence-corrected chi connectivity index (χ2v) is 9.71. The van der Waals surface area contributed by atoms with Crippen molar-refractivity contribution >= 4 is 45.0 Å². The van der Waals surface area contributed by atoms with Gasteiger partial charge in [0.1, 0.15) is 4.70 Å². The van der Waals surface area contributed by atoms with E-state index in [4.69, 9.17) is 0 Å². The number of hydrogen-bond acceptors (Lipinski definition) is 6. The molecular weight excluding hydrogens is 430 g/mol. The number of piperidine rings is 1. The van der Waals surface area contributed by atoms with Crippen LogP contribution in [-0.4, -0.2) is 48.3 Å². The summed E-state index contributed by atoms with van der Waals surface area (Å²) in [6, 6.07) is 12.1. The van der Waals surface area contributed by atoms with Gasteiger partial charge in [0.15, 0.2) is 5.16 Å². The Balaban J connectivity index is 1.50. The van der Waals surface area contributed by atoms with E-state index in [-0.39, 0.29) is 17.5 Å². The highest BCUT2D eigenvalue weighted by Gasteiger charge is 2.24. The molecule has 0 saturated carbocycles. The van der Waals surface area contributed by atoms with Crippen LogP contribution in [0.3, 0.4) is 0 Å². The first kappa shape index (κ1) is 20.3. The fourth-order valence-electron chi connectivity index (χ4n) is 4.18. The number of aromatic nitrogens is 4. The average Bonchev–Trinajstić information content (AvgIpc) is 3.43. The highest BCUT2D eigenvalue weighted by molar-refractivity contribution is 7.99. The number of likely N-dealkylation sites (tertiary alicyclic amines) is 1. The Kier molecular flexibility index (Phi) is 5.54. The zero-order valence-corrected chi connectivity index (χ0v) is 18.9. The first-order valence-corrected chi connectivity index (χ1v) is 12.3. The minimum atomic E-state index is -0.0662. The first-order chi connectivity index (χ1) is 15.1. The number of thioether (sulfide) groups is 1. The zero-order valence-electron chi connectivity index (χ0n) is 17.2. The van der Waals surface area contributed by atoms with Crippen LogP contribution in [-0.2, 0) is 11.3 Å². The molecule has 1 aliphatic heterocycles. The van der Waals surface area contributed by atoms with Gasteiger partial charge in [-0.2, -0.15) is 0 Å². The zero-order chi connectivity index (χ0) is 21.4. The molecule has 0 N–H and O–H groups in total. The normalized spacial score (nSPS) is 16.9. The molecule has 0 bridgehead atoms. The molecule has 5 rings (SSSR count). The van der Waals surface area contributed by atoms with Crippen LogP contribution in [0.15, 0.2) is 51.7 Å². The fourth-order valence-corrected chi connectivity index (χ4v) is 5.83. The summed E-state index contributed by atoms with van der Waals surface area (Å²) in [5.41, 5.74) is 1.75. The third-order valence-corrected chi connectivity index (χ3v) is 7.62. The smallest absolute Gasteiger partial charge is 0.273 e. The van der Waals surface area contributed by atoms with Crippen molar-refractivity contribution in [2.24, 2.45) is 0 Å². The number of benzene rings is 1. The number of hydrogen-bond donors (Lipinski definition) is 0. The molecule has 31 heavy (non-hydrogen) atoms. The van der Waals surface area contributed by atoms with Gasteiger partial charge in [-0.15, -0.1) is 21.5 Å². The molecule has 1 amide bonds. The summed E-state index contributed by atoms with van der Waals surface area (Å²) in [7, 11) is 0. The molecule has 1 fully saturated rings. The van der Waals surface area contributed by atoms with E-state index in [1.165, 1.54) is 29.5 Å². The van der Waals surface area contributed by atoms with Crippen molar-refractivity contribution in [2.75, 3.05) is 12.3 Å². The fraction of sp³-hybridized carbons (Fsp3) is 0.364. The highest BCUT2D eigenvalue weighted by atomic mass is 32.2. The van der Waals surface area contributed by atoms with Crippen LogP contribution in [0.5, 0.6) is 0 Å². The van der Waals surface area contributed by atoms with Gasteiger partial charge in [0.2, 0.25) is 11.7 Å². The highest BCUT2D eigenvalue weighted by Crippen LogP contribution is 2.26. The molecule has 1 aliphatic rings. The molecule has 160 valence electrons. The van der Waals surface area contributed by atoms with E-state index in [1.54, 1.807) is 4.57 Å². The molecule has 0 aliphatic carbocycles. The van der Waals surface area contributed by atoms with Crippen molar-refractivity contribution in [1.82, 2.24) is 24.1 Å². The summed E-state index contributed by atoms with van der Waals surface area (Å²) in [6.07, 6.45) is 3.31. The number of nitrogens with zero attached hydrogens (tertiary/aromatic N) is 5. The Labute approximate surface area is 187 Å². The van der Waals surface area contributed by atoms with Crippen molar-refractivity contribution in [2.45, 2.75) is 43.9 Å². The maximum atomic E-state index is 13.2. The molecule has 7 nitrogen and oxygen atoms in total. The predicted octanol–water partition coefficient (Wildman–Crippen LogP) is 3.65. The SMILES string of the molecule is C[C@H]1CCCCN1C(=O)CSc1nnc2n(Cc3ccccc3)c(=O)c3sccc3n12. The van der Waals surface area contributed by atoms with Crippen molar-refractivity contribution in [3.05, 3.63) is 57.7 Å². The van der Waals surface area contributed by atoms with Crippen LogP contribution < -0.4 is 5.56 Å². The van der Waals surface area contributed by atoms with Crippen molar-refractivity contribution in [1.29, 1.82) is 0 Å². The van der Waals surface area contributed by atoms with E-state index in [0.29, 0.717) is 27.9 Å². The van der Waals surface area contributed by atoms with Crippen LogP contribution in [0.4, 0.5) is 0 Å². The number of carbonyl (C=O) groups excluding carboxylic acids is 1. The third kappa shape index (κ3) is 3.76. The van der Waals surface area contributed by atoms with Crippen molar-refractivity contribution in [3.63, 3.8) is 0 Å². The Morgan fingerprint density at radius 3 is 2.84 bits per heavy atom. The number of amides is 1. The second kappa shape index (κ2) is 8.47. The number of fused-ring (bicyclic) bond motifs is 3. The van der Waals surface area contributed by atoms with Gasteiger partial charge in [0, 0.05) is 12.6 Å². The molecular formula is C22H23N5O2S2. The van der Waals surface area contributed by atoms with Gasteiger partial charge in [0.25, 0.3) is 5.56 Å². The molecule has 1 saturated heterocycles. The van der Waals surface area contributed by atoms with E-state index in [9.17, 15) is 9.59 Å². The number of carbonyl (C=O) groups is 1. The monoisotopic (exact) mass is 453 g/mol. The molecule has 1 atom stereocenters. The largest absolute Gasteiger partial charge is 0.339 e. The summed E-state index contributed by atoms with van der Waals surface area (Å²) in [4.78, 5) is 27.9. The lowest BCUT2D eigenvalue weighted by molar-refractivity contribution is -0.131. The van der Waals surface area contributed by atoms with E-state index < -0.39 is 0 Å². The molecule has 0 unspecified atom stereocenters. The van der Waals surface area contributed by atoms with Crippen LogP contribution in [0, 0.1) is 0 Å². The van der Waals surface area contributed by atoms with Gasteiger partial charge in [-0.1, -0.05) is 42.1 Å².